The van der Waals surface area contributed by atoms with Gasteiger partial charge in [0, 0.05) is 6.42 Å². The number of unbranched alkanes of at least 4 members (excludes halogenated alkanes) is 5. The van der Waals surface area contributed by atoms with Crippen molar-refractivity contribution in [2.75, 3.05) is 6.61 Å². The zero-order valence-electron chi connectivity index (χ0n) is 12.1. The molecule has 0 heterocycles. The molecule has 120 valence electrons. The molecule has 6 heteroatoms. The molecule has 6 nitrogen and oxygen atoms in total. The average Bonchev–Trinajstić information content (AvgIpc) is 2.47. The SMILES string of the molecule is CCCCCCCCC(=O)C(O)C(O)C(O)C(O)CO. The number of ketones is 1. The van der Waals surface area contributed by atoms with E-state index in [4.69, 9.17) is 10.2 Å². The quantitative estimate of drug-likeness (QED) is 0.316. The van der Waals surface area contributed by atoms with Gasteiger partial charge >= 0.3 is 0 Å². The number of hydrogen-bond donors (Lipinski definition) is 5. The van der Waals surface area contributed by atoms with Crippen LogP contribution in [0.2, 0.25) is 0 Å². The summed E-state index contributed by atoms with van der Waals surface area (Å²) in [6.45, 7) is 1.37. The van der Waals surface area contributed by atoms with Gasteiger partial charge in [-0.3, -0.25) is 4.79 Å². The van der Waals surface area contributed by atoms with Crippen LogP contribution in [0.1, 0.15) is 51.9 Å². The molecule has 0 aromatic rings. The monoisotopic (exact) mass is 292 g/mol. The summed E-state index contributed by atoms with van der Waals surface area (Å²) in [5, 5.41) is 46.3. The predicted molar refractivity (Wildman–Crippen MR) is 74.1 cm³/mol. The van der Waals surface area contributed by atoms with E-state index in [9.17, 15) is 20.1 Å². The molecule has 0 amide bonds. The summed E-state index contributed by atoms with van der Waals surface area (Å²) in [7, 11) is 0. The minimum Gasteiger partial charge on any atom is -0.394 e. The van der Waals surface area contributed by atoms with Crippen molar-refractivity contribution in [3.63, 3.8) is 0 Å². The number of Topliss-reactive ketones (excluding diaryl/α,β-unsaturated/α-hetero) is 1. The second-order valence-electron chi connectivity index (χ2n) is 5.16. The fourth-order valence-corrected chi connectivity index (χ4v) is 1.94. The number of hydrogen-bond acceptors (Lipinski definition) is 6. The highest BCUT2D eigenvalue weighted by Crippen LogP contribution is 2.11. The second-order valence-corrected chi connectivity index (χ2v) is 5.16. The van der Waals surface area contributed by atoms with Crippen LogP contribution >= 0.6 is 0 Å². The predicted octanol–water partition coefficient (Wildman–Crippen LogP) is -0.258. The van der Waals surface area contributed by atoms with Crippen molar-refractivity contribution in [2.45, 2.75) is 76.3 Å². The van der Waals surface area contributed by atoms with Gasteiger partial charge in [-0.05, 0) is 6.42 Å². The largest absolute Gasteiger partial charge is 0.394 e. The molecule has 0 spiro atoms. The number of aliphatic hydroxyl groups excluding tert-OH is 5. The first-order valence-electron chi connectivity index (χ1n) is 7.31. The summed E-state index contributed by atoms with van der Waals surface area (Å²) in [4.78, 5) is 11.6. The van der Waals surface area contributed by atoms with Gasteiger partial charge in [-0.15, -0.1) is 0 Å². The second kappa shape index (κ2) is 11.2. The summed E-state index contributed by atoms with van der Waals surface area (Å²) in [6, 6.07) is 0. The van der Waals surface area contributed by atoms with E-state index in [1.54, 1.807) is 0 Å². The number of carbonyl (C=O) groups excluding carboxylic acids is 1. The molecular formula is C14H28O6. The van der Waals surface area contributed by atoms with Crippen LogP contribution in [0.25, 0.3) is 0 Å². The molecule has 0 rings (SSSR count). The molecule has 0 aliphatic heterocycles. The van der Waals surface area contributed by atoms with Crippen molar-refractivity contribution >= 4 is 5.78 Å². The Labute approximate surface area is 120 Å². The fraction of sp³-hybridized carbons (Fsp3) is 0.929. The van der Waals surface area contributed by atoms with E-state index in [0.717, 1.165) is 25.7 Å². The summed E-state index contributed by atoms with van der Waals surface area (Å²) < 4.78 is 0. The topological polar surface area (TPSA) is 118 Å². The number of aliphatic hydroxyl groups is 5. The lowest BCUT2D eigenvalue weighted by atomic mass is 9.97. The maximum atomic E-state index is 11.6. The molecule has 4 atom stereocenters. The molecule has 0 aliphatic rings. The van der Waals surface area contributed by atoms with Gasteiger partial charge in [0.2, 0.25) is 0 Å². The molecular weight excluding hydrogens is 264 g/mol. The minimum atomic E-state index is -1.79. The molecule has 5 N–H and O–H groups in total. The van der Waals surface area contributed by atoms with Crippen molar-refractivity contribution in [3.05, 3.63) is 0 Å². The first kappa shape index (κ1) is 19.5. The van der Waals surface area contributed by atoms with E-state index >= 15 is 0 Å². The van der Waals surface area contributed by atoms with E-state index in [1.807, 2.05) is 0 Å². The zero-order chi connectivity index (χ0) is 15.5. The molecule has 0 aliphatic carbocycles. The van der Waals surface area contributed by atoms with Gasteiger partial charge in [0.1, 0.15) is 24.4 Å². The molecule has 0 saturated carbocycles. The van der Waals surface area contributed by atoms with Crippen molar-refractivity contribution in [1.29, 1.82) is 0 Å². The summed E-state index contributed by atoms with van der Waals surface area (Å²) in [5.41, 5.74) is 0. The Morgan fingerprint density at radius 1 is 0.900 bits per heavy atom. The van der Waals surface area contributed by atoms with Gasteiger partial charge in [0.25, 0.3) is 0 Å². The number of carbonyl (C=O) groups is 1. The van der Waals surface area contributed by atoms with Gasteiger partial charge in [0.15, 0.2) is 5.78 Å². The third kappa shape index (κ3) is 7.31. The molecule has 0 radical (unpaired) electrons. The van der Waals surface area contributed by atoms with Crippen LogP contribution in [0.5, 0.6) is 0 Å². The molecule has 20 heavy (non-hydrogen) atoms. The van der Waals surface area contributed by atoms with E-state index in [-0.39, 0.29) is 6.42 Å². The highest BCUT2D eigenvalue weighted by atomic mass is 16.4. The van der Waals surface area contributed by atoms with Gasteiger partial charge in [-0.1, -0.05) is 39.0 Å². The van der Waals surface area contributed by atoms with Crippen molar-refractivity contribution in [3.8, 4) is 0 Å². The van der Waals surface area contributed by atoms with Gasteiger partial charge in [0.05, 0.1) is 6.61 Å². The van der Waals surface area contributed by atoms with Crippen LogP contribution in [0.15, 0.2) is 0 Å². The molecule has 0 bridgehead atoms. The van der Waals surface area contributed by atoms with Crippen LogP contribution in [-0.2, 0) is 4.79 Å². The van der Waals surface area contributed by atoms with Crippen LogP contribution in [0, 0.1) is 0 Å². The summed E-state index contributed by atoms with van der Waals surface area (Å²) in [6.07, 6.45) is -0.733. The minimum absolute atomic E-state index is 0.131. The fourth-order valence-electron chi connectivity index (χ4n) is 1.94. The Balaban J connectivity index is 3.96. The van der Waals surface area contributed by atoms with E-state index in [0.29, 0.717) is 6.42 Å². The summed E-state index contributed by atoms with van der Waals surface area (Å²) >= 11 is 0. The Hall–Kier alpha value is -0.530. The smallest absolute Gasteiger partial charge is 0.164 e. The highest BCUT2D eigenvalue weighted by Gasteiger charge is 2.33. The average molecular weight is 292 g/mol. The summed E-state index contributed by atoms with van der Waals surface area (Å²) in [5.74, 6) is -0.558. The van der Waals surface area contributed by atoms with E-state index in [1.165, 1.54) is 6.42 Å². The van der Waals surface area contributed by atoms with Crippen LogP contribution in [0.3, 0.4) is 0 Å². The van der Waals surface area contributed by atoms with E-state index in [2.05, 4.69) is 6.92 Å². The zero-order valence-corrected chi connectivity index (χ0v) is 12.1. The van der Waals surface area contributed by atoms with E-state index < -0.39 is 36.8 Å². The third-order valence-electron chi connectivity index (χ3n) is 3.36. The standard InChI is InChI=1S/C14H28O6/c1-2-3-4-5-6-7-8-10(16)12(18)14(20)13(19)11(17)9-15/h11-15,17-20H,2-9H2,1H3. The lowest BCUT2D eigenvalue weighted by molar-refractivity contribution is -0.147. The van der Waals surface area contributed by atoms with Crippen molar-refractivity contribution in [1.82, 2.24) is 0 Å². The Bertz CT molecular complexity index is 258. The molecule has 0 aromatic carbocycles. The molecule has 0 fully saturated rings. The van der Waals surface area contributed by atoms with Crippen LogP contribution in [-0.4, -0.2) is 62.3 Å². The first-order valence-corrected chi connectivity index (χ1v) is 7.31. The van der Waals surface area contributed by atoms with Crippen molar-refractivity contribution < 1.29 is 30.3 Å². The number of rotatable bonds is 12. The Morgan fingerprint density at radius 2 is 1.45 bits per heavy atom. The van der Waals surface area contributed by atoms with Gasteiger partial charge in [-0.2, -0.15) is 0 Å². The van der Waals surface area contributed by atoms with Crippen LogP contribution < -0.4 is 0 Å². The first-order chi connectivity index (χ1) is 9.45. The maximum Gasteiger partial charge on any atom is 0.164 e. The molecule has 0 aromatic heterocycles. The Morgan fingerprint density at radius 3 is 2.00 bits per heavy atom. The third-order valence-corrected chi connectivity index (χ3v) is 3.36. The molecule has 0 saturated heterocycles. The highest BCUT2D eigenvalue weighted by molar-refractivity contribution is 5.83. The lowest BCUT2D eigenvalue weighted by Gasteiger charge is -2.24. The maximum absolute atomic E-state index is 11.6. The Kier molecular flexibility index (Phi) is 10.9. The van der Waals surface area contributed by atoms with Gasteiger partial charge in [-0.25, -0.2) is 0 Å². The lowest BCUT2D eigenvalue weighted by Crippen LogP contribution is -2.48. The molecule has 4 unspecified atom stereocenters. The van der Waals surface area contributed by atoms with Gasteiger partial charge < -0.3 is 25.5 Å². The van der Waals surface area contributed by atoms with Crippen LogP contribution in [0.4, 0.5) is 0 Å². The normalized spacial score (nSPS) is 17.5. The van der Waals surface area contributed by atoms with Crippen molar-refractivity contribution in [2.24, 2.45) is 0 Å².